The monoisotopic (exact) mass is 314 g/mol. The Kier molecular flexibility index (Phi) is 7.05. The highest BCUT2D eigenvalue weighted by molar-refractivity contribution is 5.83. The van der Waals surface area contributed by atoms with Crippen LogP contribution in [0.1, 0.15) is 56.9 Å². The second-order valence-electron chi connectivity index (χ2n) is 6.39. The number of allylic oxidation sites excluding steroid dienone is 1. The van der Waals surface area contributed by atoms with Crippen LogP contribution < -0.4 is 0 Å². The van der Waals surface area contributed by atoms with Crippen molar-refractivity contribution in [3.05, 3.63) is 42.0 Å². The molecule has 2 unspecified atom stereocenters. The van der Waals surface area contributed by atoms with E-state index in [2.05, 4.69) is 24.3 Å². The molecule has 3 nitrogen and oxygen atoms in total. The van der Waals surface area contributed by atoms with Gasteiger partial charge in [0.25, 0.3) is 0 Å². The Morgan fingerprint density at radius 2 is 1.87 bits per heavy atom. The molecule has 0 aromatic heterocycles. The molecule has 1 N–H and O–H groups in total. The lowest BCUT2D eigenvalue weighted by Crippen LogP contribution is -2.13. The number of unbranched alkanes of at least 4 members (excludes halogenated alkanes) is 3. The first-order chi connectivity index (χ1) is 11.2. The van der Waals surface area contributed by atoms with E-state index >= 15 is 0 Å². The molecule has 0 aliphatic heterocycles. The van der Waals surface area contributed by atoms with Crippen LogP contribution in [0, 0.1) is 11.8 Å². The lowest BCUT2D eigenvalue weighted by molar-refractivity contribution is -0.137. The van der Waals surface area contributed by atoms with Gasteiger partial charge in [-0.2, -0.15) is 0 Å². The van der Waals surface area contributed by atoms with E-state index in [-0.39, 0.29) is 12.3 Å². The summed E-state index contributed by atoms with van der Waals surface area (Å²) >= 11 is 0. The number of carbonyl (C=O) groups is 2. The molecule has 0 spiro atoms. The topological polar surface area (TPSA) is 54.4 Å². The summed E-state index contributed by atoms with van der Waals surface area (Å²) in [5.41, 5.74) is 1.18. The van der Waals surface area contributed by atoms with Gasteiger partial charge in [-0.15, -0.1) is 0 Å². The molecule has 0 amide bonds. The summed E-state index contributed by atoms with van der Waals surface area (Å²) in [5, 5.41) is 8.61. The normalized spacial score (nSPS) is 21.1. The maximum atomic E-state index is 12.1. The number of ketones is 1. The minimum Gasteiger partial charge on any atom is -0.481 e. The number of benzene rings is 1. The van der Waals surface area contributed by atoms with Gasteiger partial charge in [0.2, 0.25) is 0 Å². The van der Waals surface area contributed by atoms with Gasteiger partial charge < -0.3 is 5.11 Å². The molecule has 1 aliphatic carbocycles. The summed E-state index contributed by atoms with van der Waals surface area (Å²) < 4.78 is 0. The summed E-state index contributed by atoms with van der Waals surface area (Å²) in [7, 11) is 0. The molecule has 0 radical (unpaired) electrons. The summed E-state index contributed by atoms with van der Waals surface area (Å²) in [4.78, 5) is 22.6. The first-order valence-corrected chi connectivity index (χ1v) is 8.64. The Bertz CT molecular complexity index is 533. The van der Waals surface area contributed by atoms with Gasteiger partial charge in [-0.1, -0.05) is 61.7 Å². The summed E-state index contributed by atoms with van der Waals surface area (Å²) in [6.45, 7) is 0. The minimum atomic E-state index is -0.720. The lowest BCUT2D eigenvalue weighted by atomic mass is 9.89. The molecule has 1 aliphatic rings. The van der Waals surface area contributed by atoms with Crippen molar-refractivity contribution in [1.82, 2.24) is 0 Å². The Hall–Kier alpha value is -1.90. The highest BCUT2D eigenvalue weighted by Gasteiger charge is 2.32. The fraction of sp³-hybridized carbons (Fsp3) is 0.500. The average molecular weight is 314 g/mol. The third-order valence-electron chi connectivity index (χ3n) is 4.65. The van der Waals surface area contributed by atoms with Crippen molar-refractivity contribution in [2.24, 2.45) is 11.8 Å². The van der Waals surface area contributed by atoms with Crippen LogP contribution in [-0.2, 0) is 9.59 Å². The zero-order valence-electron chi connectivity index (χ0n) is 13.6. The van der Waals surface area contributed by atoms with E-state index in [1.165, 1.54) is 5.56 Å². The Morgan fingerprint density at radius 3 is 2.61 bits per heavy atom. The minimum absolute atomic E-state index is 0.162. The van der Waals surface area contributed by atoms with Crippen molar-refractivity contribution in [2.75, 3.05) is 0 Å². The van der Waals surface area contributed by atoms with Gasteiger partial charge >= 0.3 is 5.97 Å². The average Bonchev–Trinajstić information content (AvgIpc) is 2.90. The van der Waals surface area contributed by atoms with Crippen LogP contribution in [0.2, 0.25) is 0 Å². The van der Waals surface area contributed by atoms with E-state index in [0.717, 1.165) is 38.5 Å². The standard InChI is InChI=1S/C20H26O3/c21-19-15-14-17(13-12-16-8-4-3-5-9-16)18(19)10-6-1-2-7-11-20(22)23/h3-5,8-9,12-13,17-18H,1-2,6-7,10-11,14-15H2,(H,22,23)/b13-12+. The molecule has 2 atom stereocenters. The van der Waals surface area contributed by atoms with Crippen LogP contribution in [-0.4, -0.2) is 16.9 Å². The number of aliphatic carboxylic acids is 1. The van der Waals surface area contributed by atoms with Crippen molar-refractivity contribution < 1.29 is 14.7 Å². The molecule has 2 rings (SSSR count). The van der Waals surface area contributed by atoms with E-state index in [1.807, 2.05) is 18.2 Å². The third-order valence-corrected chi connectivity index (χ3v) is 4.65. The number of carboxylic acids is 1. The van der Waals surface area contributed by atoms with Gasteiger partial charge in [0.05, 0.1) is 0 Å². The fourth-order valence-electron chi connectivity index (χ4n) is 3.33. The number of carboxylic acid groups (broad SMARTS) is 1. The van der Waals surface area contributed by atoms with Crippen LogP contribution in [0.25, 0.3) is 6.08 Å². The Labute approximate surface area is 138 Å². The van der Waals surface area contributed by atoms with Crippen molar-refractivity contribution >= 4 is 17.8 Å². The number of hydrogen-bond acceptors (Lipinski definition) is 2. The van der Waals surface area contributed by atoms with Crippen LogP contribution in [0.5, 0.6) is 0 Å². The van der Waals surface area contributed by atoms with Crippen molar-refractivity contribution in [1.29, 1.82) is 0 Å². The highest BCUT2D eigenvalue weighted by atomic mass is 16.4. The molecule has 0 saturated heterocycles. The lowest BCUT2D eigenvalue weighted by Gasteiger charge is -2.14. The molecular formula is C20H26O3. The molecule has 1 fully saturated rings. The van der Waals surface area contributed by atoms with Crippen LogP contribution in [0.3, 0.4) is 0 Å². The first-order valence-electron chi connectivity index (χ1n) is 8.64. The summed E-state index contributed by atoms with van der Waals surface area (Å²) in [6, 6.07) is 10.2. The molecule has 23 heavy (non-hydrogen) atoms. The SMILES string of the molecule is O=C(O)CCCCCCC1C(=O)CCC1/C=C/c1ccccc1. The van der Waals surface area contributed by atoms with Gasteiger partial charge in [-0.25, -0.2) is 0 Å². The quantitative estimate of drug-likeness (QED) is 0.671. The van der Waals surface area contributed by atoms with Gasteiger partial charge in [0.1, 0.15) is 5.78 Å². The zero-order chi connectivity index (χ0) is 16.5. The fourth-order valence-corrected chi connectivity index (χ4v) is 3.33. The predicted molar refractivity (Wildman–Crippen MR) is 92.0 cm³/mol. The smallest absolute Gasteiger partial charge is 0.303 e. The molecule has 124 valence electrons. The summed E-state index contributed by atoms with van der Waals surface area (Å²) in [6.07, 6.45) is 10.9. The van der Waals surface area contributed by atoms with Gasteiger partial charge in [0.15, 0.2) is 0 Å². The second kappa shape index (κ2) is 9.29. The van der Waals surface area contributed by atoms with Crippen molar-refractivity contribution in [3.8, 4) is 0 Å². The number of hydrogen-bond donors (Lipinski definition) is 1. The van der Waals surface area contributed by atoms with Crippen LogP contribution in [0.4, 0.5) is 0 Å². The van der Waals surface area contributed by atoms with E-state index in [4.69, 9.17) is 5.11 Å². The van der Waals surface area contributed by atoms with Gasteiger partial charge in [-0.05, 0) is 30.7 Å². The first kappa shape index (κ1) is 17.5. The van der Waals surface area contributed by atoms with Crippen LogP contribution in [0.15, 0.2) is 36.4 Å². The molecular weight excluding hydrogens is 288 g/mol. The maximum absolute atomic E-state index is 12.1. The van der Waals surface area contributed by atoms with Crippen LogP contribution >= 0.6 is 0 Å². The maximum Gasteiger partial charge on any atom is 0.303 e. The zero-order valence-corrected chi connectivity index (χ0v) is 13.6. The number of Topliss-reactive ketones (excluding diaryl/α,β-unsaturated/α-hetero) is 1. The highest BCUT2D eigenvalue weighted by Crippen LogP contribution is 2.34. The van der Waals surface area contributed by atoms with E-state index < -0.39 is 5.97 Å². The second-order valence-corrected chi connectivity index (χ2v) is 6.39. The molecule has 0 bridgehead atoms. The Balaban J connectivity index is 1.76. The Morgan fingerprint density at radius 1 is 1.13 bits per heavy atom. The van der Waals surface area contributed by atoms with Crippen molar-refractivity contribution in [2.45, 2.75) is 51.4 Å². The molecule has 1 saturated carbocycles. The molecule has 0 heterocycles. The largest absolute Gasteiger partial charge is 0.481 e. The van der Waals surface area contributed by atoms with Gasteiger partial charge in [-0.3, -0.25) is 9.59 Å². The molecule has 1 aromatic carbocycles. The predicted octanol–water partition coefficient (Wildman–Crippen LogP) is 4.72. The molecule has 3 heteroatoms. The number of carbonyl (C=O) groups excluding carboxylic acids is 1. The summed E-state index contributed by atoms with van der Waals surface area (Å²) in [5.74, 6) is 0.205. The van der Waals surface area contributed by atoms with Gasteiger partial charge in [0, 0.05) is 18.8 Å². The number of rotatable bonds is 9. The van der Waals surface area contributed by atoms with E-state index in [0.29, 0.717) is 18.1 Å². The van der Waals surface area contributed by atoms with E-state index in [9.17, 15) is 9.59 Å². The third kappa shape index (κ3) is 6.01. The van der Waals surface area contributed by atoms with Crippen molar-refractivity contribution in [3.63, 3.8) is 0 Å². The molecule has 1 aromatic rings. The van der Waals surface area contributed by atoms with E-state index in [1.54, 1.807) is 0 Å².